The van der Waals surface area contributed by atoms with Crippen molar-refractivity contribution in [3.05, 3.63) is 41.0 Å². The lowest BCUT2D eigenvalue weighted by Gasteiger charge is -2.35. The van der Waals surface area contributed by atoms with E-state index in [2.05, 4.69) is 24.8 Å². The van der Waals surface area contributed by atoms with Crippen molar-refractivity contribution in [2.24, 2.45) is 0 Å². The standard InChI is InChI=1S/C14H15F2N/c1-8(2)17-13-4-3-5-14(17)10-7-12(16)11(15)6-9(10)13/h4,6-8,14H,3,5H2,1-2H3. The van der Waals surface area contributed by atoms with E-state index in [1.54, 1.807) is 0 Å². The lowest BCUT2D eigenvalue weighted by Crippen LogP contribution is -2.30. The van der Waals surface area contributed by atoms with E-state index in [0.29, 0.717) is 6.04 Å². The predicted molar refractivity (Wildman–Crippen MR) is 63.3 cm³/mol. The molecule has 0 aliphatic carbocycles. The Hall–Kier alpha value is -1.38. The van der Waals surface area contributed by atoms with Gasteiger partial charge in [0, 0.05) is 17.3 Å². The third kappa shape index (κ3) is 1.41. The molecule has 3 heteroatoms. The summed E-state index contributed by atoms with van der Waals surface area (Å²) in [7, 11) is 0. The number of nitrogens with zero attached hydrogens (tertiary/aromatic N) is 1. The van der Waals surface area contributed by atoms with Gasteiger partial charge in [0.1, 0.15) is 0 Å². The van der Waals surface area contributed by atoms with Crippen LogP contribution in [0, 0.1) is 11.6 Å². The smallest absolute Gasteiger partial charge is 0.159 e. The van der Waals surface area contributed by atoms with Crippen molar-refractivity contribution in [3.8, 4) is 0 Å². The van der Waals surface area contributed by atoms with E-state index < -0.39 is 11.6 Å². The molecule has 1 atom stereocenters. The average molecular weight is 235 g/mol. The monoisotopic (exact) mass is 235 g/mol. The first kappa shape index (κ1) is 10.8. The summed E-state index contributed by atoms with van der Waals surface area (Å²) in [4.78, 5) is 2.27. The van der Waals surface area contributed by atoms with Crippen molar-refractivity contribution < 1.29 is 8.78 Å². The highest BCUT2D eigenvalue weighted by Crippen LogP contribution is 2.48. The summed E-state index contributed by atoms with van der Waals surface area (Å²) < 4.78 is 26.7. The molecule has 0 saturated carbocycles. The van der Waals surface area contributed by atoms with Gasteiger partial charge in [-0.25, -0.2) is 8.78 Å². The van der Waals surface area contributed by atoms with E-state index in [1.165, 1.54) is 12.1 Å². The van der Waals surface area contributed by atoms with E-state index in [9.17, 15) is 8.78 Å². The van der Waals surface area contributed by atoms with E-state index in [0.717, 1.165) is 29.7 Å². The first-order valence-corrected chi connectivity index (χ1v) is 6.07. The Bertz CT molecular complexity index is 505. The summed E-state index contributed by atoms with van der Waals surface area (Å²) in [5.41, 5.74) is 2.90. The van der Waals surface area contributed by atoms with Crippen molar-refractivity contribution in [2.75, 3.05) is 0 Å². The van der Waals surface area contributed by atoms with Gasteiger partial charge in [0.05, 0.1) is 6.04 Å². The van der Waals surface area contributed by atoms with Crippen molar-refractivity contribution in [3.63, 3.8) is 0 Å². The van der Waals surface area contributed by atoms with E-state index in [1.807, 2.05) is 0 Å². The summed E-state index contributed by atoms with van der Waals surface area (Å²) in [6, 6.07) is 3.29. The first-order chi connectivity index (χ1) is 8.09. The molecule has 3 rings (SSSR count). The summed E-state index contributed by atoms with van der Waals surface area (Å²) in [6.07, 6.45) is 4.11. The van der Waals surface area contributed by atoms with Gasteiger partial charge in [-0.2, -0.15) is 0 Å². The van der Waals surface area contributed by atoms with Gasteiger partial charge in [0.25, 0.3) is 0 Å². The highest BCUT2D eigenvalue weighted by molar-refractivity contribution is 5.73. The van der Waals surface area contributed by atoms with Gasteiger partial charge in [-0.05, 0) is 44.4 Å². The number of benzene rings is 1. The molecular formula is C14H15F2N. The second-order valence-corrected chi connectivity index (χ2v) is 5.04. The van der Waals surface area contributed by atoms with Gasteiger partial charge >= 0.3 is 0 Å². The van der Waals surface area contributed by atoms with Crippen molar-refractivity contribution in [1.82, 2.24) is 4.90 Å². The lowest BCUT2D eigenvalue weighted by molar-refractivity contribution is 0.241. The Balaban J connectivity index is 2.20. The van der Waals surface area contributed by atoms with Crippen LogP contribution >= 0.6 is 0 Å². The molecule has 2 aliphatic rings. The molecule has 17 heavy (non-hydrogen) atoms. The van der Waals surface area contributed by atoms with Crippen LogP contribution in [0.25, 0.3) is 5.70 Å². The predicted octanol–water partition coefficient (Wildman–Crippen LogP) is 3.86. The molecule has 0 fully saturated rings. The van der Waals surface area contributed by atoms with Crippen LogP contribution in [0.4, 0.5) is 8.78 Å². The molecule has 2 heterocycles. The fraction of sp³-hybridized carbons (Fsp3) is 0.429. The summed E-state index contributed by atoms with van der Waals surface area (Å²) >= 11 is 0. The van der Waals surface area contributed by atoms with Crippen molar-refractivity contribution in [2.45, 2.75) is 38.8 Å². The molecule has 1 unspecified atom stereocenters. The number of fused-ring (bicyclic) bond motifs is 5. The van der Waals surface area contributed by atoms with Crippen LogP contribution in [0.1, 0.15) is 43.9 Å². The third-order valence-corrected chi connectivity index (χ3v) is 3.68. The number of hydrogen-bond acceptors (Lipinski definition) is 1. The normalized spacial score (nSPS) is 21.8. The van der Waals surface area contributed by atoms with E-state index in [4.69, 9.17) is 0 Å². The number of allylic oxidation sites excluding steroid dienone is 1. The number of halogens is 2. The van der Waals surface area contributed by atoms with Crippen LogP contribution in [-0.2, 0) is 0 Å². The first-order valence-electron chi connectivity index (χ1n) is 6.07. The largest absolute Gasteiger partial charge is 0.362 e. The molecule has 2 aliphatic heterocycles. The molecule has 2 bridgehead atoms. The number of hydrogen-bond donors (Lipinski definition) is 0. The van der Waals surface area contributed by atoms with Crippen LogP contribution in [0.3, 0.4) is 0 Å². The Morgan fingerprint density at radius 3 is 2.65 bits per heavy atom. The Morgan fingerprint density at radius 2 is 1.94 bits per heavy atom. The van der Waals surface area contributed by atoms with Crippen LogP contribution < -0.4 is 0 Å². The van der Waals surface area contributed by atoms with Gasteiger partial charge in [-0.1, -0.05) is 6.08 Å². The van der Waals surface area contributed by atoms with Crippen LogP contribution in [0.15, 0.2) is 18.2 Å². The quantitative estimate of drug-likeness (QED) is 0.714. The second kappa shape index (κ2) is 3.56. The van der Waals surface area contributed by atoms with Gasteiger partial charge in [-0.3, -0.25) is 0 Å². The van der Waals surface area contributed by atoms with Crippen LogP contribution in [0.5, 0.6) is 0 Å². The highest BCUT2D eigenvalue weighted by atomic mass is 19.2. The molecule has 90 valence electrons. The molecule has 0 aromatic heterocycles. The van der Waals surface area contributed by atoms with Crippen LogP contribution in [0.2, 0.25) is 0 Å². The fourth-order valence-corrected chi connectivity index (χ4v) is 3.04. The number of rotatable bonds is 1. The molecular weight excluding hydrogens is 220 g/mol. The SMILES string of the molecule is CC(C)N1C2=CCCC1c1cc(F)c(F)cc12. The maximum atomic E-state index is 13.3. The molecule has 0 N–H and O–H groups in total. The van der Waals surface area contributed by atoms with Crippen molar-refractivity contribution in [1.29, 1.82) is 0 Å². The average Bonchev–Trinajstić information content (AvgIpc) is 2.47. The van der Waals surface area contributed by atoms with Crippen molar-refractivity contribution >= 4 is 5.70 Å². The van der Waals surface area contributed by atoms with Gasteiger partial charge in [-0.15, -0.1) is 0 Å². The minimum absolute atomic E-state index is 0.222. The zero-order valence-electron chi connectivity index (χ0n) is 10.0. The molecule has 0 radical (unpaired) electrons. The Labute approximate surface area is 99.7 Å². The Kier molecular flexibility index (Phi) is 2.25. The van der Waals surface area contributed by atoms with Gasteiger partial charge in [0.2, 0.25) is 0 Å². The second-order valence-electron chi connectivity index (χ2n) is 5.04. The molecule has 1 aromatic rings. The summed E-state index contributed by atoms with van der Waals surface area (Å²) in [6.45, 7) is 4.23. The minimum atomic E-state index is -0.749. The van der Waals surface area contributed by atoms with E-state index >= 15 is 0 Å². The molecule has 0 saturated heterocycles. The molecule has 1 nitrogen and oxygen atoms in total. The van der Waals surface area contributed by atoms with Gasteiger partial charge in [0.15, 0.2) is 11.6 Å². The van der Waals surface area contributed by atoms with E-state index in [-0.39, 0.29) is 6.04 Å². The molecule has 0 amide bonds. The summed E-state index contributed by atoms with van der Waals surface area (Å²) in [5, 5.41) is 0. The zero-order chi connectivity index (χ0) is 12.2. The molecule has 1 aromatic carbocycles. The van der Waals surface area contributed by atoms with Crippen LogP contribution in [-0.4, -0.2) is 10.9 Å². The third-order valence-electron chi connectivity index (χ3n) is 3.68. The molecule has 0 spiro atoms. The Morgan fingerprint density at radius 1 is 1.24 bits per heavy atom. The summed E-state index contributed by atoms with van der Waals surface area (Å²) in [5.74, 6) is -1.48. The fourth-order valence-electron chi connectivity index (χ4n) is 3.04. The maximum absolute atomic E-state index is 13.3. The van der Waals surface area contributed by atoms with Gasteiger partial charge < -0.3 is 4.90 Å². The lowest BCUT2D eigenvalue weighted by atomic mass is 10.0. The minimum Gasteiger partial charge on any atom is -0.362 e. The zero-order valence-corrected chi connectivity index (χ0v) is 10.0. The topological polar surface area (TPSA) is 3.24 Å². The maximum Gasteiger partial charge on any atom is 0.159 e. The highest BCUT2D eigenvalue weighted by Gasteiger charge is 2.37.